The molecule has 0 unspecified atom stereocenters. The average Bonchev–Trinajstić information content (AvgIpc) is 3.25. The first-order valence-corrected chi connectivity index (χ1v) is 12.6. The van der Waals surface area contributed by atoms with Gasteiger partial charge in [-0.15, -0.1) is 0 Å². The lowest BCUT2D eigenvalue weighted by molar-refractivity contribution is 0.920. The van der Waals surface area contributed by atoms with Crippen LogP contribution in [0.3, 0.4) is 0 Å². The first-order valence-electron chi connectivity index (χ1n) is 12.6. The average molecular weight is 439 g/mol. The second kappa shape index (κ2) is 9.95. The van der Waals surface area contributed by atoms with Gasteiger partial charge in [-0.2, -0.15) is 0 Å². The van der Waals surface area contributed by atoms with Gasteiger partial charge < -0.3 is 4.98 Å². The maximum absolute atomic E-state index is 5.14. The molecule has 1 aliphatic carbocycles. The minimum Gasteiger partial charge on any atom is -0.358 e. The third-order valence-corrected chi connectivity index (χ3v) is 7.35. The molecule has 0 saturated carbocycles. The van der Waals surface area contributed by atoms with Crippen molar-refractivity contribution in [2.45, 2.75) is 80.1 Å². The number of aromatic nitrogens is 1. The summed E-state index contributed by atoms with van der Waals surface area (Å²) in [6, 6.07) is 7.14. The highest BCUT2D eigenvalue weighted by molar-refractivity contribution is 6.05. The topological polar surface area (TPSA) is 28.1 Å². The van der Waals surface area contributed by atoms with Crippen LogP contribution in [0.4, 0.5) is 0 Å². The third-order valence-electron chi connectivity index (χ3n) is 7.35. The van der Waals surface area contributed by atoms with Gasteiger partial charge in [0.1, 0.15) is 0 Å². The molecule has 0 radical (unpaired) electrons. The fourth-order valence-corrected chi connectivity index (χ4v) is 5.55. The molecule has 4 rings (SSSR count). The number of nitrogens with one attached hydrogen (secondary N) is 1. The SMILES string of the molecule is CCC1=C(C)/C(=C(\c2ccc3c(c2)CC/C=C\C=C/CC3)c2[nH]c(C)c(CC)c2C)N=C1C. The number of hydrogen-bond acceptors (Lipinski definition) is 1. The van der Waals surface area contributed by atoms with Crippen LogP contribution in [0.25, 0.3) is 5.57 Å². The van der Waals surface area contributed by atoms with E-state index in [0.717, 1.165) is 49.9 Å². The monoisotopic (exact) mass is 438 g/mol. The summed E-state index contributed by atoms with van der Waals surface area (Å²) in [5.74, 6) is 0. The summed E-state index contributed by atoms with van der Waals surface area (Å²) in [4.78, 5) is 8.89. The van der Waals surface area contributed by atoms with Crippen molar-refractivity contribution < 1.29 is 0 Å². The van der Waals surface area contributed by atoms with Crippen LogP contribution in [0, 0.1) is 13.8 Å². The van der Waals surface area contributed by atoms with Gasteiger partial charge in [0.25, 0.3) is 0 Å². The number of hydrogen-bond donors (Lipinski definition) is 1. The van der Waals surface area contributed by atoms with E-state index < -0.39 is 0 Å². The summed E-state index contributed by atoms with van der Waals surface area (Å²) < 4.78 is 0. The van der Waals surface area contributed by atoms with Crippen LogP contribution in [0.15, 0.2) is 64.3 Å². The van der Waals surface area contributed by atoms with Crippen molar-refractivity contribution in [1.29, 1.82) is 0 Å². The van der Waals surface area contributed by atoms with E-state index in [9.17, 15) is 0 Å². The molecule has 0 bridgehead atoms. The van der Waals surface area contributed by atoms with E-state index in [1.54, 1.807) is 0 Å². The zero-order valence-corrected chi connectivity index (χ0v) is 21.2. The Hall–Kier alpha value is -2.87. The van der Waals surface area contributed by atoms with Crippen molar-refractivity contribution in [1.82, 2.24) is 4.98 Å². The fraction of sp³-hybridized carbons (Fsp3) is 0.387. The minimum absolute atomic E-state index is 1.02. The zero-order chi connectivity index (χ0) is 23.5. The van der Waals surface area contributed by atoms with E-state index in [1.165, 1.54) is 55.9 Å². The molecule has 172 valence electrons. The molecule has 2 aliphatic rings. The van der Waals surface area contributed by atoms with Gasteiger partial charge in [0, 0.05) is 17.0 Å². The van der Waals surface area contributed by atoms with Crippen LogP contribution in [0.5, 0.6) is 0 Å². The summed E-state index contributed by atoms with van der Waals surface area (Å²) >= 11 is 0. The predicted octanol–water partition coefficient (Wildman–Crippen LogP) is 8.15. The van der Waals surface area contributed by atoms with E-state index in [2.05, 4.69) is 89.0 Å². The number of allylic oxidation sites excluding steroid dienone is 6. The van der Waals surface area contributed by atoms with Crippen molar-refractivity contribution in [2.75, 3.05) is 0 Å². The van der Waals surface area contributed by atoms with Gasteiger partial charge in [0.2, 0.25) is 0 Å². The molecule has 1 aliphatic heterocycles. The highest BCUT2D eigenvalue weighted by atomic mass is 14.8. The normalized spacial score (nSPS) is 19.9. The number of H-pyrrole nitrogens is 1. The Balaban J connectivity index is 1.94. The van der Waals surface area contributed by atoms with Crippen LogP contribution >= 0.6 is 0 Å². The van der Waals surface area contributed by atoms with Gasteiger partial charge in [-0.1, -0.05) is 56.4 Å². The van der Waals surface area contributed by atoms with E-state index in [4.69, 9.17) is 4.99 Å². The second-order valence-electron chi connectivity index (χ2n) is 9.38. The van der Waals surface area contributed by atoms with E-state index >= 15 is 0 Å². The first-order chi connectivity index (χ1) is 16.0. The van der Waals surface area contributed by atoms with Crippen molar-refractivity contribution in [3.63, 3.8) is 0 Å². The van der Waals surface area contributed by atoms with Gasteiger partial charge in [0.05, 0.1) is 11.4 Å². The summed E-state index contributed by atoms with van der Waals surface area (Å²) in [5, 5.41) is 0. The fourth-order valence-electron chi connectivity index (χ4n) is 5.55. The van der Waals surface area contributed by atoms with Crippen LogP contribution in [0.2, 0.25) is 0 Å². The summed E-state index contributed by atoms with van der Waals surface area (Å²) in [6.45, 7) is 13.4. The molecule has 33 heavy (non-hydrogen) atoms. The second-order valence-corrected chi connectivity index (χ2v) is 9.38. The van der Waals surface area contributed by atoms with Crippen molar-refractivity contribution in [3.05, 3.63) is 98.6 Å². The predicted molar refractivity (Wildman–Crippen MR) is 143 cm³/mol. The van der Waals surface area contributed by atoms with Crippen LogP contribution in [0.1, 0.15) is 86.2 Å². The van der Waals surface area contributed by atoms with Gasteiger partial charge in [-0.3, -0.25) is 4.99 Å². The van der Waals surface area contributed by atoms with Crippen molar-refractivity contribution in [3.8, 4) is 0 Å². The largest absolute Gasteiger partial charge is 0.358 e. The third kappa shape index (κ3) is 4.49. The number of benzene rings is 1. The minimum atomic E-state index is 1.02. The maximum atomic E-state index is 5.14. The van der Waals surface area contributed by atoms with E-state index in [1.807, 2.05) is 0 Å². The standard InChI is InChI=1S/C31H38N2/c1-7-27-20(3)30(32-22(27)5)29(31-21(4)28(8-2)23(6)33-31)26-18-17-24-15-13-11-9-10-12-14-16-25(24)19-26/h9-12,17-19,32H,7-8,13-16H2,1-6H3/b11-9-,12-10-,31-29-. The number of aliphatic imine (C=N–C) groups is 1. The number of fused-ring (bicyclic) bond motifs is 1. The Bertz CT molecular complexity index is 1210. The Labute approximate surface area is 199 Å². The molecule has 2 heterocycles. The lowest BCUT2D eigenvalue weighted by atomic mass is 9.89. The van der Waals surface area contributed by atoms with Crippen LogP contribution < -0.4 is 0 Å². The molecule has 1 aromatic heterocycles. The lowest BCUT2D eigenvalue weighted by Crippen LogP contribution is -2.01. The van der Waals surface area contributed by atoms with Crippen LogP contribution in [-0.2, 0) is 19.3 Å². The number of nitrogens with zero attached hydrogens (tertiary/aromatic N) is 1. The Morgan fingerprint density at radius 2 is 1.61 bits per heavy atom. The van der Waals surface area contributed by atoms with Crippen molar-refractivity contribution >= 4 is 11.3 Å². The highest BCUT2D eigenvalue weighted by Crippen LogP contribution is 2.39. The summed E-state index contributed by atoms with van der Waals surface area (Å²) in [6.07, 6.45) is 15.3. The molecule has 0 fully saturated rings. The van der Waals surface area contributed by atoms with Gasteiger partial charge in [-0.05, 0) is 105 Å². The molecule has 2 heteroatoms. The molecule has 2 aromatic rings. The molecule has 0 spiro atoms. The molecule has 1 aromatic carbocycles. The smallest absolute Gasteiger partial charge is 0.0764 e. The Morgan fingerprint density at radius 1 is 0.909 bits per heavy atom. The number of rotatable bonds is 4. The highest BCUT2D eigenvalue weighted by Gasteiger charge is 2.25. The van der Waals surface area contributed by atoms with Gasteiger partial charge in [0.15, 0.2) is 0 Å². The summed E-state index contributed by atoms with van der Waals surface area (Å²) in [5.41, 5.74) is 15.8. The zero-order valence-electron chi connectivity index (χ0n) is 21.2. The number of aromatic amines is 1. The Morgan fingerprint density at radius 3 is 2.21 bits per heavy atom. The van der Waals surface area contributed by atoms with Crippen molar-refractivity contribution in [2.24, 2.45) is 4.99 Å². The first kappa shape index (κ1) is 23.3. The van der Waals surface area contributed by atoms with E-state index in [0.29, 0.717) is 0 Å². The molecule has 0 saturated heterocycles. The maximum Gasteiger partial charge on any atom is 0.0764 e. The van der Waals surface area contributed by atoms with Gasteiger partial charge >= 0.3 is 0 Å². The Kier molecular flexibility index (Phi) is 7.02. The molecular formula is C31H38N2. The molecule has 2 nitrogen and oxygen atoms in total. The molecule has 0 amide bonds. The van der Waals surface area contributed by atoms with Gasteiger partial charge in [-0.25, -0.2) is 0 Å². The quantitative estimate of drug-likeness (QED) is 0.499. The number of aryl methyl sites for hydroxylation is 3. The molecule has 1 N–H and O–H groups in total. The summed E-state index contributed by atoms with van der Waals surface area (Å²) in [7, 11) is 0. The molecule has 0 atom stereocenters. The van der Waals surface area contributed by atoms with Crippen LogP contribution in [-0.4, -0.2) is 10.7 Å². The molecular weight excluding hydrogens is 400 g/mol. The lowest BCUT2D eigenvalue weighted by Gasteiger charge is -2.16. The van der Waals surface area contributed by atoms with E-state index in [-0.39, 0.29) is 0 Å².